The Morgan fingerprint density at radius 3 is 2.91 bits per heavy atom. The summed E-state index contributed by atoms with van der Waals surface area (Å²) >= 11 is 0. The van der Waals surface area contributed by atoms with Gasteiger partial charge in [0, 0.05) is 24.7 Å². The molecule has 0 radical (unpaired) electrons. The third-order valence-corrected chi connectivity index (χ3v) is 6.63. The molecule has 5 rings (SSSR count). The fourth-order valence-electron chi connectivity index (χ4n) is 4.68. The number of anilines is 1. The molecule has 0 saturated carbocycles. The van der Waals surface area contributed by atoms with Gasteiger partial charge in [-0.3, -0.25) is 4.79 Å². The lowest BCUT2D eigenvalue weighted by atomic mass is 10.1. The Bertz CT molecular complexity index is 1460. The molecule has 2 atom stereocenters. The number of phenols is 1. The van der Waals surface area contributed by atoms with Gasteiger partial charge in [0.1, 0.15) is 17.6 Å². The number of carbonyl (C=O) groups is 1. The van der Waals surface area contributed by atoms with E-state index in [0.717, 1.165) is 27.7 Å². The second-order valence-corrected chi connectivity index (χ2v) is 8.71. The van der Waals surface area contributed by atoms with Crippen LogP contribution in [0.1, 0.15) is 36.2 Å². The van der Waals surface area contributed by atoms with Crippen LogP contribution in [-0.4, -0.2) is 33.2 Å². The average Bonchev–Trinajstić information content (AvgIpc) is 3.48. The van der Waals surface area contributed by atoms with Crippen LogP contribution in [0.15, 0.2) is 67.1 Å². The van der Waals surface area contributed by atoms with Gasteiger partial charge < -0.3 is 19.9 Å². The number of carbonyl (C=O) groups excluding carboxylic acids is 1. The van der Waals surface area contributed by atoms with Crippen molar-refractivity contribution in [3.05, 3.63) is 89.8 Å². The molecule has 176 valence electrons. The van der Waals surface area contributed by atoms with Crippen LogP contribution < -0.4 is 10.2 Å². The van der Waals surface area contributed by atoms with Crippen molar-refractivity contribution in [3.63, 3.8) is 0 Å². The molecule has 0 bridgehead atoms. The summed E-state index contributed by atoms with van der Waals surface area (Å²) in [5.41, 5.74) is 2.39. The Morgan fingerprint density at radius 1 is 1.26 bits per heavy atom. The fraction of sp³-hybridized carbons (Fsp3) is 0.222. The molecule has 1 unspecified atom stereocenters. The fourth-order valence-corrected chi connectivity index (χ4v) is 4.68. The standard InChI is InChI=1S/C27H24FN5O2/c1-17(19-5-6-20(13-29)24(28)11-19)33-16-30-14-21(33)15-31-25-9-10-32(27(25)35)26-4-2-3-18-7-8-22(34)12-23(18)26/h2-8,11-12,14,16-17,25,31,34H,9-10,15H2,1H3/t17-,25?/m0/s1. The maximum Gasteiger partial charge on any atom is 0.244 e. The van der Waals surface area contributed by atoms with E-state index in [9.17, 15) is 14.3 Å². The maximum atomic E-state index is 14.1. The molecule has 1 aliphatic rings. The van der Waals surface area contributed by atoms with E-state index in [0.29, 0.717) is 19.5 Å². The van der Waals surface area contributed by atoms with Crippen molar-refractivity contribution in [2.24, 2.45) is 0 Å². The molecule has 1 fully saturated rings. The molecule has 2 heterocycles. The highest BCUT2D eigenvalue weighted by Gasteiger charge is 2.33. The second kappa shape index (κ2) is 9.20. The number of aromatic hydroxyl groups is 1. The summed E-state index contributed by atoms with van der Waals surface area (Å²) in [4.78, 5) is 19.3. The number of halogens is 1. The number of hydrogen-bond acceptors (Lipinski definition) is 5. The lowest BCUT2D eigenvalue weighted by Crippen LogP contribution is -2.38. The molecule has 1 aliphatic heterocycles. The first-order valence-electron chi connectivity index (χ1n) is 11.4. The number of nitriles is 1. The summed E-state index contributed by atoms with van der Waals surface area (Å²) in [5.74, 6) is -0.403. The summed E-state index contributed by atoms with van der Waals surface area (Å²) in [6.07, 6.45) is 4.07. The van der Waals surface area contributed by atoms with Crippen LogP contribution in [0.5, 0.6) is 5.75 Å². The molecule has 0 aliphatic carbocycles. The number of nitrogens with zero attached hydrogens (tertiary/aromatic N) is 4. The highest BCUT2D eigenvalue weighted by molar-refractivity contribution is 6.07. The minimum Gasteiger partial charge on any atom is -0.508 e. The van der Waals surface area contributed by atoms with E-state index in [-0.39, 0.29) is 29.3 Å². The van der Waals surface area contributed by atoms with Crippen molar-refractivity contribution in [1.82, 2.24) is 14.9 Å². The molecule has 35 heavy (non-hydrogen) atoms. The smallest absolute Gasteiger partial charge is 0.244 e. The molecule has 7 nitrogen and oxygen atoms in total. The van der Waals surface area contributed by atoms with Crippen molar-refractivity contribution in [1.29, 1.82) is 5.26 Å². The zero-order valence-electron chi connectivity index (χ0n) is 19.1. The molecule has 8 heteroatoms. The number of hydrogen-bond donors (Lipinski definition) is 2. The summed E-state index contributed by atoms with van der Waals surface area (Å²) in [6, 6.07) is 16.8. The van der Waals surface area contributed by atoms with E-state index in [1.165, 1.54) is 12.1 Å². The van der Waals surface area contributed by atoms with Crippen LogP contribution in [0.3, 0.4) is 0 Å². The van der Waals surface area contributed by atoms with Crippen molar-refractivity contribution in [3.8, 4) is 11.8 Å². The van der Waals surface area contributed by atoms with Gasteiger partial charge in [-0.05, 0) is 54.6 Å². The van der Waals surface area contributed by atoms with Crippen molar-refractivity contribution in [2.45, 2.75) is 32.0 Å². The van der Waals surface area contributed by atoms with Crippen LogP contribution in [-0.2, 0) is 11.3 Å². The van der Waals surface area contributed by atoms with Gasteiger partial charge in [-0.2, -0.15) is 5.26 Å². The average molecular weight is 470 g/mol. The molecular weight excluding hydrogens is 445 g/mol. The van der Waals surface area contributed by atoms with E-state index >= 15 is 0 Å². The Labute approximate surface area is 202 Å². The van der Waals surface area contributed by atoms with E-state index in [1.807, 2.05) is 41.8 Å². The second-order valence-electron chi connectivity index (χ2n) is 8.71. The summed E-state index contributed by atoms with van der Waals surface area (Å²) in [6.45, 7) is 2.93. The highest BCUT2D eigenvalue weighted by atomic mass is 19.1. The van der Waals surface area contributed by atoms with Gasteiger partial charge in [0.15, 0.2) is 0 Å². The van der Waals surface area contributed by atoms with E-state index in [1.54, 1.807) is 35.6 Å². The number of phenolic OH excluding ortho intramolecular Hbond substituents is 1. The predicted octanol–water partition coefficient (Wildman–Crippen LogP) is 4.26. The van der Waals surface area contributed by atoms with Crippen LogP contribution in [0.2, 0.25) is 0 Å². The SMILES string of the molecule is C[C@@H](c1ccc(C#N)c(F)c1)n1cncc1CNC1CCN(c2cccc3ccc(O)cc23)C1=O. The molecule has 0 spiro atoms. The summed E-state index contributed by atoms with van der Waals surface area (Å²) in [7, 11) is 0. The van der Waals surface area contributed by atoms with Gasteiger partial charge in [0.05, 0.1) is 35.4 Å². The van der Waals surface area contributed by atoms with Gasteiger partial charge >= 0.3 is 0 Å². The number of imidazole rings is 1. The number of amides is 1. The lowest BCUT2D eigenvalue weighted by molar-refractivity contribution is -0.118. The van der Waals surface area contributed by atoms with E-state index in [4.69, 9.17) is 5.26 Å². The van der Waals surface area contributed by atoms with Crippen LogP contribution >= 0.6 is 0 Å². The first kappa shape index (κ1) is 22.6. The van der Waals surface area contributed by atoms with Crippen LogP contribution in [0.25, 0.3) is 10.8 Å². The highest BCUT2D eigenvalue weighted by Crippen LogP contribution is 2.32. The molecule has 4 aromatic rings. The minimum absolute atomic E-state index is 0.0131. The number of benzene rings is 3. The maximum absolute atomic E-state index is 14.1. The molecule has 1 amide bonds. The Balaban J connectivity index is 1.30. The first-order valence-corrected chi connectivity index (χ1v) is 11.4. The Morgan fingerprint density at radius 2 is 2.11 bits per heavy atom. The molecular formula is C27H24FN5O2. The molecule has 3 aromatic carbocycles. The normalized spacial score (nSPS) is 16.5. The quantitative estimate of drug-likeness (QED) is 0.440. The molecule has 1 aromatic heterocycles. The first-order chi connectivity index (χ1) is 17.0. The lowest BCUT2D eigenvalue weighted by Gasteiger charge is -2.20. The summed E-state index contributed by atoms with van der Waals surface area (Å²) in [5, 5.41) is 24.1. The number of nitrogens with one attached hydrogen (secondary N) is 1. The third-order valence-electron chi connectivity index (χ3n) is 6.63. The number of rotatable bonds is 6. The Kier molecular flexibility index (Phi) is 5.93. The topological polar surface area (TPSA) is 94.2 Å². The third kappa shape index (κ3) is 4.22. The number of fused-ring (bicyclic) bond motifs is 1. The molecule has 1 saturated heterocycles. The minimum atomic E-state index is -0.546. The molecule has 2 N–H and O–H groups in total. The van der Waals surface area contributed by atoms with E-state index in [2.05, 4.69) is 10.3 Å². The van der Waals surface area contributed by atoms with Crippen molar-refractivity contribution < 1.29 is 14.3 Å². The van der Waals surface area contributed by atoms with Gasteiger partial charge in [0.25, 0.3) is 0 Å². The number of aromatic nitrogens is 2. The van der Waals surface area contributed by atoms with Gasteiger partial charge in [-0.15, -0.1) is 0 Å². The monoisotopic (exact) mass is 469 g/mol. The van der Waals surface area contributed by atoms with Gasteiger partial charge in [-0.1, -0.05) is 24.3 Å². The largest absolute Gasteiger partial charge is 0.508 e. The summed E-state index contributed by atoms with van der Waals surface area (Å²) < 4.78 is 16.1. The van der Waals surface area contributed by atoms with Gasteiger partial charge in [0.2, 0.25) is 5.91 Å². The van der Waals surface area contributed by atoms with Gasteiger partial charge in [-0.25, -0.2) is 9.37 Å². The van der Waals surface area contributed by atoms with Crippen LogP contribution in [0, 0.1) is 17.1 Å². The Hall–Kier alpha value is -4.22. The predicted molar refractivity (Wildman–Crippen MR) is 130 cm³/mol. The van der Waals surface area contributed by atoms with Crippen molar-refractivity contribution in [2.75, 3.05) is 11.4 Å². The zero-order valence-corrected chi connectivity index (χ0v) is 19.1. The van der Waals surface area contributed by atoms with Crippen molar-refractivity contribution >= 4 is 22.4 Å². The van der Waals surface area contributed by atoms with Crippen LogP contribution in [0.4, 0.5) is 10.1 Å². The van der Waals surface area contributed by atoms with E-state index < -0.39 is 5.82 Å². The zero-order chi connectivity index (χ0) is 24.5.